The van der Waals surface area contributed by atoms with Crippen molar-refractivity contribution in [3.8, 4) is 23.0 Å². The minimum atomic E-state index is 0.427. The fourth-order valence-corrected chi connectivity index (χ4v) is 4.95. The minimum Gasteiger partial charge on any atom is -0.381 e. The summed E-state index contributed by atoms with van der Waals surface area (Å²) in [5.41, 5.74) is 5.16. The SMILES string of the molecule is Cc1cc(-c2nc(-c3ccc(C4CCOCC4)cc3)no2)nn1Cc1ccnc(N2CCNCC2)c1. The van der Waals surface area contributed by atoms with Crippen molar-refractivity contribution in [1.29, 1.82) is 0 Å². The van der Waals surface area contributed by atoms with Crippen molar-refractivity contribution >= 4 is 5.82 Å². The molecule has 0 amide bonds. The van der Waals surface area contributed by atoms with Gasteiger partial charge < -0.3 is 19.5 Å². The first-order valence-electron chi connectivity index (χ1n) is 12.7. The zero-order valence-corrected chi connectivity index (χ0v) is 20.6. The van der Waals surface area contributed by atoms with E-state index in [0.29, 0.717) is 29.9 Å². The second-order valence-electron chi connectivity index (χ2n) is 9.52. The lowest BCUT2D eigenvalue weighted by Gasteiger charge is -2.28. The first kappa shape index (κ1) is 22.9. The van der Waals surface area contributed by atoms with E-state index < -0.39 is 0 Å². The number of aromatic nitrogens is 5. The third-order valence-corrected chi connectivity index (χ3v) is 7.07. The Hall–Kier alpha value is -3.56. The molecule has 0 saturated carbocycles. The predicted octanol–water partition coefficient (Wildman–Crippen LogP) is 3.66. The molecule has 0 atom stereocenters. The molecule has 9 heteroatoms. The second-order valence-corrected chi connectivity index (χ2v) is 9.52. The van der Waals surface area contributed by atoms with E-state index in [4.69, 9.17) is 14.4 Å². The largest absolute Gasteiger partial charge is 0.381 e. The topological polar surface area (TPSA) is 94.1 Å². The lowest BCUT2D eigenvalue weighted by molar-refractivity contribution is 0.0853. The zero-order chi connectivity index (χ0) is 24.3. The van der Waals surface area contributed by atoms with Gasteiger partial charge in [-0.1, -0.05) is 29.4 Å². The van der Waals surface area contributed by atoms with Crippen LogP contribution in [0.25, 0.3) is 23.0 Å². The summed E-state index contributed by atoms with van der Waals surface area (Å²) in [5, 5.41) is 12.4. The van der Waals surface area contributed by atoms with Gasteiger partial charge in [-0.05, 0) is 55.0 Å². The van der Waals surface area contributed by atoms with Crippen molar-refractivity contribution < 1.29 is 9.26 Å². The zero-order valence-electron chi connectivity index (χ0n) is 20.6. The van der Waals surface area contributed by atoms with E-state index in [-0.39, 0.29) is 0 Å². The van der Waals surface area contributed by atoms with Gasteiger partial charge in [-0.25, -0.2) is 4.98 Å². The molecule has 0 bridgehead atoms. The van der Waals surface area contributed by atoms with Gasteiger partial charge in [0.2, 0.25) is 5.82 Å². The van der Waals surface area contributed by atoms with Crippen LogP contribution in [0.15, 0.2) is 53.2 Å². The number of piperazine rings is 1. The van der Waals surface area contributed by atoms with Gasteiger partial charge in [-0.3, -0.25) is 4.68 Å². The van der Waals surface area contributed by atoms with Gasteiger partial charge in [0, 0.05) is 56.8 Å². The van der Waals surface area contributed by atoms with Crippen molar-refractivity contribution in [1.82, 2.24) is 30.2 Å². The van der Waals surface area contributed by atoms with E-state index in [9.17, 15) is 0 Å². The smallest absolute Gasteiger partial charge is 0.278 e. The number of rotatable bonds is 6. The fourth-order valence-electron chi connectivity index (χ4n) is 4.95. The molecule has 186 valence electrons. The number of aryl methyl sites for hydroxylation is 1. The van der Waals surface area contributed by atoms with E-state index in [1.54, 1.807) is 0 Å². The predicted molar refractivity (Wildman–Crippen MR) is 137 cm³/mol. The Balaban J connectivity index is 1.16. The third-order valence-electron chi connectivity index (χ3n) is 7.07. The number of nitrogens with one attached hydrogen (secondary N) is 1. The molecule has 4 aromatic rings. The van der Waals surface area contributed by atoms with E-state index in [2.05, 4.69) is 55.7 Å². The van der Waals surface area contributed by atoms with Crippen molar-refractivity contribution in [2.75, 3.05) is 44.3 Å². The number of hydrogen-bond acceptors (Lipinski definition) is 8. The van der Waals surface area contributed by atoms with Gasteiger partial charge in [0.25, 0.3) is 5.89 Å². The molecule has 36 heavy (non-hydrogen) atoms. The number of nitrogens with zero attached hydrogens (tertiary/aromatic N) is 6. The first-order valence-corrected chi connectivity index (χ1v) is 12.7. The standard InChI is InChI=1S/C27H31N7O2/c1-19-16-24(31-34(19)18-20-6-9-29-25(17-20)33-12-10-28-11-13-33)27-30-26(32-36-27)23-4-2-21(3-5-23)22-7-14-35-15-8-22/h2-6,9,16-17,22,28H,7-8,10-15,18H2,1H3. The van der Waals surface area contributed by atoms with Gasteiger partial charge >= 0.3 is 0 Å². The maximum absolute atomic E-state index is 5.59. The van der Waals surface area contributed by atoms with Crippen LogP contribution in [0.3, 0.4) is 0 Å². The van der Waals surface area contributed by atoms with Crippen molar-refractivity contribution in [2.45, 2.75) is 32.2 Å². The fraction of sp³-hybridized carbons (Fsp3) is 0.407. The highest BCUT2D eigenvalue weighted by atomic mass is 16.5. The van der Waals surface area contributed by atoms with Gasteiger partial charge in [0.05, 0.1) is 6.54 Å². The van der Waals surface area contributed by atoms with Crippen LogP contribution in [0.5, 0.6) is 0 Å². The third kappa shape index (κ3) is 4.89. The molecule has 2 saturated heterocycles. The van der Waals surface area contributed by atoms with Crippen LogP contribution in [-0.2, 0) is 11.3 Å². The number of benzene rings is 1. The summed E-state index contributed by atoms with van der Waals surface area (Å²) >= 11 is 0. The molecule has 5 heterocycles. The molecule has 1 N–H and O–H groups in total. The highest BCUT2D eigenvalue weighted by Crippen LogP contribution is 2.29. The molecule has 2 aliphatic rings. The number of anilines is 1. The van der Waals surface area contributed by atoms with E-state index in [0.717, 1.165) is 74.9 Å². The van der Waals surface area contributed by atoms with Crippen molar-refractivity contribution in [2.24, 2.45) is 0 Å². The first-order chi connectivity index (χ1) is 17.7. The van der Waals surface area contributed by atoms with E-state index >= 15 is 0 Å². The summed E-state index contributed by atoms with van der Waals surface area (Å²) < 4.78 is 13.0. The van der Waals surface area contributed by atoms with E-state index in [1.165, 1.54) is 5.56 Å². The molecular weight excluding hydrogens is 454 g/mol. The van der Waals surface area contributed by atoms with Crippen LogP contribution in [-0.4, -0.2) is 64.3 Å². The monoisotopic (exact) mass is 485 g/mol. The van der Waals surface area contributed by atoms with Crippen LogP contribution in [0.4, 0.5) is 5.82 Å². The summed E-state index contributed by atoms with van der Waals surface area (Å²) in [5.74, 6) is 2.58. The highest BCUT2D eigenvalue weighted by Gasteiger charge is 2.18. The van der Waals surface area contributed by atoms with Gasteiger partial charge in [0.15, 0.2) is 5.69 Å². The molecule has 2 fully saturated rings. The molecule has 6 rings (SSSR count). The van der Waals surface area contributed by atoms with Crippen LogP contribution >= 0.6 is 0 Å². The summed E-state index contributed by atoms with van der Waals surface area (Å²) in [6.45, 7) is 8.29. The highest BCUT2D eigenvalue weighted by molar-refractivity contribution is 5.58. The number of pyridine rings is 1. The molecule has 0 aliphatic carbocycles. The summed E-state index contributed by atoms with van der Waals surface area (Å²) in [4.78, 5) is 11.5. The second kappa shape index (κ2) is 10.2. The Labute approximate surface area is 210 Å². The Bertz CT molecular complexity index is 1300. The number of ether oxygens (including phenoxy) is 1. The van der Waals surface area contributed by atoms with Crippen molar-refractivity contribution in [3.05, 3.63) is 65.5 Å². The Morgan fingerprint density at radius 1 is 1.03 bits per heavy atom. The lowest BCUT2D eigenvalue weighted by atomic mass is 9.91. The summed E-state index contributed by atoms with van der Waals surface area (Å²) in [7, 11) is 0. The normalized spacial score (nSPS) is 17.0. The molecule has 0 unspecified atom stereocenters. The number of hydrogen-bond donors (Lipinski definition) is 1. The molecule has 0 radical (unpaired) electrons. The van der Waals surface area contributed by atoms with E-state index in [1.807, 2.05) is 29.9 Å². The Morgan fingerprint density at radius 3 is 2.64 bits per heavy atom. The van der Waals surface area contributed by atoms with Crippen LogP contribution in [0.2, 0.25) is 0 Å². The van der Waals surface area contributed by atoms with Gasteiger partial charge in [-0.2, -0.15) is 10.1 Å². The maximum Gasteiger partial charge on any atom is 0.278 e. The molecule has 1 aromatic carbocycles. The lowest BCUT2D eigenvalue weighted by Crippen LogP contribution is -2.43. The maximum atomic E-state index is 5.59. The molecule has 3 aromatic heterocycles. The quantitative estimate of drug-likeness (QED) is 0.442. The van der Waals surface area contributed by atoms with Gasteiger partial charge in [-0.15, -0.1) is 0 Å². The average Bonchev–Trinajstić information content (AvgIpc) is 3.57. The summed E-state index contributed by atoms with van der Waals surface area (Å²) in [6, 6.07) is 14.7. The molecular formula is C27H31N7O2. The average molecular weight is 486 g/mol. The molecule has 0 spiro atoms. The molecule has 2 aliphatic heterocycles. The van der Waals surface area contributed by atoms with Gasteiger partial charge in [0.1, 0.15) is 5.82 Å². The Kier molecular flexibility index (Phi) is 6.48. The van der Waals surface area contributed by atoms with Crippen LogP contribution in [0.1, 0.15) is 35.6 Å². The Morgan fingerprint density at radius 2 is 1.83 bits per heavy atom. The van der Waals surface area contributed by atoms with Crippen LogP contribution in [0, 0.1) is 6.92 Å². The molecule has 9 nitrogen and oxygen atoms in total. The van der Waals surface area contributed by atoms with Crippen LogP contribution < -0.4 is 10.2 Å². The van der Waals surface area contributed by atoms with Crippen molar-refractivity contribution in [3.63, 3.8) is 0 Å². The summed E-state index contributed by atoms with van der Waals surface area (Å²) in [6.07, 6.45) is 4.03. The minimum absolute atomic E-state index is 0.427.